The Morgan fingerprint density at radius 1 is 1.09 bits per heavy atom. The van der Waals surface area contributed by atoms with E-state index in [1.165, 1.54) is 55.0 Å². The number of nitro benzene ring substituents is 1. The Hall–Kier alpha value is -4.28. The summed E-state index contributed by atoms with van der Waals surface area (Å²) in [5, 5.41) is 15.7. The maximum absolute atomic E-state index is 12.7. The number of non-ortho nitro benzene ring substituents is 1. The highest BCUT2D eigenvalue weighted by molar-refractivity contribution is 7.21. The van der Waals surface area contributed by atoms with E-state index in [2.05, 4.69) is 10.5 Å². The summed E-state index contributed by atoms with van der Waals surface area (Å²) in [6.07, 6.45) is 1.38. The molecule has 9 nitrogen and oxygen atoms in total. The van der Waals surface area contributed by atoms with Crippen LogP contribution in [0.3, 0.4) is 0 Å². The molecule has 35 heavy (non-hydrogen) atoms. The lowest BCUT2D eigenvalue weighted by Crippen LogP contribution is -2.17. The number of carbonyl (C=O) groups is 2. The Morgan fingerprint density at radius 3 is 2.51 bits per heavy atom. The van der Waals surface area contributed by atoms with E-state index >= 15 is 0 Å². The molecule has 0 aliphatic carbocycles. The highest BCUT2D eigenvalue weighted by atomic mass is 35.5. The molecule has 0 atom stereocenters. The Labute approximate surface area is 207 Å². The Bertz CT molecular complexity index is 1470. The summed E-state index contributed by atoms with van der Waals surface area (Å²) < 4.78 is 11.7. The van der Waals surface area contributed by atoms with Gasteiger partial charge in [-0.05, 0) is 42.0 Å². The van der Waals surface area contributed by atoms with Crippen LogP contribution in [0.4, 0.5) is 5.69 Å². The fourth-order valence-corrected chi connectivity index (χ4v) is 4.49. The molecule has 0 aliphatic rings. The van der Waals surface area contributed by atoms with Gasteiger partial charge in [0.1, 0.15) is 4.88 Å². The van der Waals surface area contributed by atoms with Crippen LogP contribution in [0.25, 0.3) is 10.1 Å². The molecular weight excluding hydrogens is 494 g/mol. The number of methoxy groups -OCH3 is 1. The first-order valence-electron chi connectivity index (χ1n) is 10.0. The third kappa shape index (κ3) is 5.29. The average molecular weight is 510 g/mol. The molecule has 0 fully saturated rings. The molecule has 4 aromatic rings. The predicted molar refractivity (Wildman–Crippen MR) is 133 cm³/mol. The van der Waals surface area contributed by atoms with E-state index in [9.17, 15) is 19.7 Å². The van der Waals surface area contributed by atoms with E-state index in [1.54, 1.807) is 12.1 Å². The van der Waals surface area contributed by atoms with E-state index in [0.29, 0.717) is 10.6 Å². The molecule has 0 saturated heterocycles. The number of hydrazone groups is 1. The summed E-state index contributed by atoms with van der Waals surface area (Å²) >= 11 is 7.60. The molecule has 3 aromatic carbocycles. The van der Waals surface area contributed by atoms with E-state index in [1.807, 2.05) is 24.3 Å². The molecule has 11 heteroatoms. The predicted octanol–water partition coefficient (Wildman–Crippen LogP) is 5.45. The monoisotopic (exact) mass is 509 g/mol. The lowest BCUT2D eigenvalue weighted by molar-refractivity contribution is -0.384. The maximum Gasteiger partial charge on any atom is 0.355 e. The van der Waals surface area contributed by atoms with Gasteiger partial charge in [0.15, 0.2) is 11.5 Å². The number of ether oxygens (including phenoxy) is 2. The summed E-state index contributed by atoms with van der Waals surface area (Å²) in [6.45, 7) is 0. The first-order valence-corrected chi connectivity index (χ1v) is 11.2. The number of hydrogen-bond acceptors (Lipinski definition) is 8. The van der Waals surface area contributed by atoms with E-state index in [-0.39, 0.29) is 27.6 Å². The van der Waals surface area contributed by atoms with Gasteiger partial charge in [-0.25, -0.2) is 10.2 Å². The second-order valence-corrected chi connectivity index (χ2v) is 8.47. The quantitative estimate of drug-likeness (QED) is 0.116. The molecule has 1 amide bonds. The van der Waals surface area contributed by atoms with Crippen molar-refractivity contribution < 1.29 is 24.0 Å². The number of rotatable bonds is 7. The lowest BCUT2D eigenvalue weighted by atomic mass is 10.2. The number of nitrogens with one attached hydrogen (secondary N) is 1. The summed E-state index contributed by atoms with van der Waals surface area (Å²) in [7, 11) is 1.43. The van der Waals surface area contributed by atoms with Crippen molar-refractivity contribution in [2.75, 3.05) is 7.11 Å². The molecule has 0 radical (unpaired) electrons. The number of nitrogens with zero attached hydrogens (tertiary/aromatic N) is 2. The van der Waals surface area contributed by atoms with Crippen molar-refractivity contribution in [1.82, 2.24) is 5.43 Å². The number of halogens is 1. The van der Waals surface area contributed by atoms with Crippen molar-refractivity contribution in [2.24, 2.45) is 5.10 Å². The number of esters is 1. The fraction of sp³-hybridized carbons (Fsp3) is 0.0417. The molecule has 0 unspecified atom stereocenters. The Morgan fingerprint density at radius 2 is 1.83 bits per heavy atom. The standard InChI is InChI=1S/C24H16ClN3O6S/c1-33-19-12-14(13-26-27-23(29)15-7-9-16(10-8-15)28(31)32)6-11-18(19)34-24(30)22-21(25)17-4-2-3-5-20(17)35-22/h2-13H,1H3,(H,27,29)/b26-13+. The molecule has 0 aliphatic heterocycles. The van der Waals surface area contributed by atoms with Crippen molar-refractivity contribution >= 4 is 56.8 Å². The van der Waals surface area contributed by atoms with E-state index in [0.717, 1.165) is 10.1 Å². The fourth-order valence-electron chi connectivity index (χ4n) is 3.10. The van der Waals surface area contributed by atoms with Gasteiger partial charge in [0.25, 0.3) is 11.6 Å². The highest BCUT2D eigenvalue weighted by Gasteiger charge is 2.20. The summed E-state index contributed by atoms with van der Waals surface area (Å²) in [5.74, 6) is -0.667. The molecule has 4 rings (SSSR count). The van der Waals surface area contributed by atoms with Gasteiger partial charge in [0, 0.05) is 27.8 Å². The van der Waals surface area contributed by atoms with Crippen molar-refractivity contribution in [3.05, 3.63) is 97.9 Å². The zero-order valence-corrected chi connectivity index (χ0v) is 19.6. The van der Waals surface area contributed by atoms with Gasteiger partial charge in [0.2, 0.25) is 0 Å². The summed E-state index contributed by atoms with van der Waals surface area (Å²) in [4.78, 5) is 35.3. The topological polar surface area (TPSA) is 120 Å². The first kappa shape index (κ1) is 23.9. The Balaban J connectivity index is 1.44. The zero-order valence-electron chi connectivity index (χ0n) is 18.1. The third-order valence-electron chi connectivity index (χ3n) is 4.83. The van der Waals surface area contributed by atoms with E-state index in [4.69, 9.17) is 21.1 Å². The number of hydrogen-bond donors (Lipinski definition) is 1. The molecule has 1 heterocycles. The van der Waals surface area contributed by atoms with Crippen molar-refractivity contribution in [3.63, 3.8) is 0 Å². The Kier molecular flexibility index (Phi) is 7.04. The highest BCUT2D eigenvalue weighted by Crippen LogP contribution is 2.37. The van der Waals surface area contributed by atoms with Gasteiger partial charge >= 0.3 is 5.97 Å². The van der Waals surface area contributed by atoms with Gasteiger partial charge in [-0.3, -0.25) is 14.9 Å². The largest absolute Gasteiger partial charge is 0.493 e. The average Bonchev–Trinajstić information content (AvgIpc) is 3.21. The second-order valence-electron chi connectivity index (χ2n) is 7.04. The normalized spacial score (nSPS) is 10.9. The van der Waals surface area contributed by atoms with Crippen molar-refractivity contribution in [1.29, 1.82) is 0 Å². The first-order chi connectivity index (χ1) is 16.9. The van der Waals surface area contributed by atoms with Crippen LogP contribution in [-0.2, 0) is 0 Å². The van der Waals surface area contributed by atoms with E-state index < -0.39 is 16.8 Å². The number of benzene rings is 3. The van der Waals surface area contributed by atoms with Gasteiger partial charge in [0.05, 0.1) is 23.3 Å². The summed E-state index contributed by atoms with van der Waals surface area (Å²) in [6, 6.07) is 17.3. The van der Waals surface area contributed by atoms with Crippen LogP contribution in [-0.4, -0.2) is 30.1 Å². The molecule has 0 spiro atoms. The van der Waals surface area contributed by atoms with Crippen LogP contribution < -0.4 is 14.9 Å². The van der Waals surface area contributed by atoms with Gasteiger partial charge in [-0.2, -0.15) is 5.10 Å². The van der Waals surface area contributed by atoms with Crippen molar-refractivity contribution in [3.8, 4) is 11.5 Å². The number of amides is 1. The zero-order chi connectivity index (χ0) is 24.9. The smallest absolute Gasteiger partial charge is 0.355 e. The summed E-state index contributed by atoms with van der Waals surface area (Å²) in [5.41, 5.74) is 3.00. The number of nitro groups is 1. The van der Waals surface area contributed by atoms with Gasteiger partial charge in [-0.1, -0.05) is 29.8 Å². The lowest BCUT2D eigenvalue weighted by Gasteiger charge is -2.09. The molecule has 0 saturated carbocycles. The minimum Gasteiger partial charge on any atom is -0.493 e. The third-order valence-corrected chi connectivity index (χ3v) is 6.49. The molecule has 176 valence electrons. The van der Waals surface area contributed by atoms with Crippen LogP contribution in [0, 0.1) is 10.1 Å². The van der Waals surface area contributed by atoms with Crippen LogP contribution in [0.15, 0.2) is 71.8 Å². The minimum atomic E-state index is -0.605. The van der Waals surface area contributed by atoms with Gasteiger partial charge in [-0.15, -0.1) is 11.3 Å². The number of thiophene rings is 1. The van der Waals surface area contributed by atoms with Crippen molar-refractivity contribution in [2.45, 2.75) is 0 Å². The SMILES string of the molecule is COc1cc(/C=N/NC(=O)c2ccc([N+](=O)[O-])cc2)ccc1OC(=O)c1sc2ccccc2c1Cl. The molecule has 1 aromatic heterocycles. The molecule has 0 bridgehead atoms. The molecule has 1 N–H and O–H groups in total. The maximum atomic E-state index is 12.7. The second kappa shape index (κ2) is 10.3. The molecular formula is C24H16ClN3O6S. The van der Waals surface area contributed by atoms with Crippen LogP contribution in [0.5, 0.6) is 11.5 Å². The van der Waals surface area contributed by atoms with Crippen LogP contribution in [0.1, 0.15) is 25.6 Å². The minimum absolute atomic E-state index is 0.118. The number of carbonyl (C=O) groups excluding carboxylic acids is 2. The van der Waals surface area contributed by atoms with Crippen LogP contribution in [0.2, 0.25) is 5.02 Å². The van der Waals surface area contributed by atoms with Gasteiger partial charge < -0.3 is 9.47 Å². The number of fused-ring (bicyclic) bond motifs is 1. The van der Waals surface area contributed by atoms with Crippen LogP contribution >= 0.6 is 22.9 Å².